The topological polar surface area (TPSA) is 3.24 Å². The van der Waals surface area contributed by atoms with Gasteiger partial charge in [-0.15, -0.1) is 6.58 Å². The number of aryl methyl sites for hydroxylation is 3. The number of para-hydroxylation sites is 1. The highest BCUT2D eigenvalue weighted by Crippen LogP contribution is 2.37. The van der Waals surface area contributed by atoms with E-state index in [1.807, 2.05) is 6.08 Å². The van der Waals surface area contributed by atoms with E-state index in [2.05, 4.69) is 100.0 Å². The quantitative estimate of drug-likeness (QED) is 0.446. The maximum absolute atomic E-state index is 3.83. The fraction of sp³-hybridized carbons (Fsp3) is 0.200. The zero-order chi connectivity index (χ0) is 18.7. The number of allylic oxidation sites excluding steroid dienone is 2. The van der Waals surface area contributed by atoms with Gasteiger partial charge in [-0.05, 0) is 60.7 Å². The van der Waals surface area contributed by atoms with Crippen molar-refractivity contribution < 1.29 is 0 Å². The third-order valence-electron chi connectivity index (χ3n) is 5.06. The Labute approximate surface area is 157 Å². The number of anilines is 2. The van der Waals surface area contributed by atoms with Crippen LogP contribution in [0.5, 0.6) is 0 Å². The fourth-order valence-corrected chi connectivity index (χ4v) is 3.75. The molecule has 132 valence electrons. The standard InChI is InChI=1S/C25H27N/c1-6-7-8-16-23-20(4)22-15-10-9-14-21(22)17-24(23)26(5)25-18(2)12-11-13-19(25)3/h6,8-17H,1,7H2,2-5H3/b16-8-. The van der Waals surface area contributed by atoms with Gasteiger partial charge >= 0.3 is 0 Å². The van der Waals surface area contributed by atoms with Gasteiger partial charge in [-0.2, -0.15) is 0 Å². The second kappa shape index (κ2) is 7.61. The molecule has 0 aromatic heterocycles. The predicted molar refractivity (Wildman–Crippen MR) is 117 cm³/mol. The van der Waals surface area contributed by atoms with Crippen LogP contribution >= 0.6 is 0 Å². The molecule has 3 aromatic carbocycles. The summed E-state index contributed by atoms with van der Waals surface area (Å²) in [5.74, 6) is 0. The Kier molecular flexibility index (Phi) is 5.27. The van der Waals surface area contributed by atoms with Gasteiger partial charge in [0, 0.05) is 24.0 Å². The summed E-state index contributed by atoms with van der Waals surface area (Å²) in [5.41, 5.74) is 7.69. The van der Waals surface area contributed by atoms with Gasteiger partial charge in [0.15, 0.2) is 0 Å². The molecule has 0 bridgehead atoms. The maximum atomic E-state index is 3.83. The molecule has 0 unspecified atom stereocenters. The van der Waals surface area contributed by atoms with Crippen LogP contribution in [0.2, 0.25) is 0 Å². The highest BCUT2D eigenvalue weighted by Gasteiger charge is 2.15. The maximum Gasteiger partial charge on any atom is 0.0490 e. The van der Waals surface area contributed by atoms with E-state index in [1.54, 1.807) is 0 Å². The Bertz CT molecular complexity index is 959. The van der Waals surface area contributed by atoms with Crippen molar-refractivity contribution in [1.82, 2.24) is 0 Å². The lowest BCUT2D eigenvalue weighted by Crippen LogP contribution is -2.14. The molecule has 0 radical (unpaired) electrons. The molecule has 0 heterocycles. The van der Waals surface area contributed by atoms with Crippen LogP contribution in [0, 0.1) is 20.8 Å². The van der Waals surface area contributed by atoms with Crippen LogP contribution in [-0.4, -0.2) is 7.05 Å². The highest BCUT2D eigenvalue weighted by atomic mass is 15.1. The van der Waals surface area contributed by atoms with Crippen molar-refractivity contribution in [2.24, 2.45) is 0 Å². The van der Waals surface area contributed by atoms with Gasteiger partial charge in [-0.25, -0.2) is 0 Å². The summed E-state index contributed by atoms with van der Waals surface area (Å²) in [6.07, 6.45) is 7.23. The van der Waals surface area contributed by atoms with E-state index in [-0.39, 0.29) is 0 Å². The zero-order valence-electron chi connectivity index (χ0n) is 16.2. The van der Waals surface area contributed by atoms with Crippen LogP contribution in [0.4, 0.5) is 11.4 Å². The first-order valence-corrected chi connectivity index (χ1v) is 9.14. The summed E-state index contributed by atoms with van der Waals surface area (Å²) in [6, 6.07) is 17.4. The molecule has 0 atom stereocenters. The van der Waals surface area contributed by atoms with Crippen molar-refractivity contribution in [3.8, 4) is 0 Å². The smallest absolute Gasteiger partial charge is 0.0490 e. The highest BCUT2D eigenvalue weighted by molar-refractivity contribution is 5.95. The van der Waals surface area contributed by atoms with Crippen molar-refractivity contribution in [1.29, 1.82) is 0 Å². The van der Waals surface area contributed by atoms with Gasteiger partial charge < -0.3 is 4.90 Å². The molecule has 0 spiro atoms. The SMILES string of the molecule is C=CC/C=C\c1c(N(C)c2c(C)cccc2C)cc2ccccc2c1C. The molecule has 26 heavy (non-hydrogen) atoms. The van der Waals surface area contributed by atoms with E-state index < -0.39 is 0 Å². The van der Waals surface area contributed by atoms with Crippen LogP contribution < -0.4 is 4.90 Å². The zero-order valence-corrected chi connectivity index (χ0v) is 16.2. The lowest BCUT2D eigenvalue weighted by Gasteiger charge is -2.27. The number of benzene rings is 3. The molecule has 0 saturated heterocycles. The molecule has 0 aliphatic heterocycles. The lowest BCUT2D eigenvalue weighted by atomic mass is 9.96. The Morgan fingerprint density at radius 2 is 1.65 bits per heavy atom. The minimum atomic E-state index is 0.874. The Balaban J connectivity index is 2.26. The number of nitrogens with zero attached hydrogens (tertiary/aromatic N) is 1. The second-order valence-electron chi connectivity index (χ2n) is 6.88. The summed E-state index contributed by atoms with van der Waals surface area (Å²) >= 11 is 0. The average molecular weight is 341 g/mol. The van der Waals surface area contributed by atoms with E-state index in [4.69, 9.17) is 0 Å². The van der Waals surface area contributed by atoms with E-state index in [0.29, 0.717) is 0 Å². The van der Waals surface area contributed by atoms with Gasteiger partial charge in [0.2, 0.25) is 0 Å². The Hall–Kier alpha value is -2.80. The average Bonchev–Trinajstić information content (AvgIpc) is 2.63. The van der Waals surface area contributed by atoms with Crippen molar-refractivity contribution in [2.75, 3.05) is 11.9 Å². The largest absolute Gasteiger partial charge is 0.344 e. The van der Waals surface area contributed by atoms with Gasteiger partial charge in [-0.3, -0.25) is 0 Å². The van der Waals surface area contributed by atoms with Crippen LogP contribution in [-0.2, 0) is 0 Å². The number of fused-ring (bicyclic) bond motifs is 1. The van der Waals surface area contributed by atoms with Gasteiger partial charge in [0.25, 0.3) is 0 Å². The van der Waals surface area contributed by atoms with Crippen LogP contribution in [0.15, 0.2) is 67.3 Å². The normalized spacial score (nSPS) is 11.2. The Morgan fingerprint density at radius 3 is 2.35 bits per heavy atom. The fourth-order valence-electron chi connectivity index (χ4n) is 3.75. The molecular weight excluding hydrogens is 314 g/mol. The second-order valence-corrected chi connectivity index (χ2v) is 6.88. The van der Waals surface area contributed by atoms with Crippen molar-refractivity contribution in [3.63, 3.8) is 0 Å². The first-order valence-electron chi connectivity index (χ1n) is 9.14. The molecule has 0 amide bonds. The van der Waals surface area contributed by atoms with Crippen LogP contribution in [0.1, 0.15) is 28.7 Å². The summed E-state index contributed by atoms with van der Waals surface area (Å²) in [6.45, 7) is 10.4. The molecule has 1 heteroatoms. The molecular formula is C25H27N. The summed E-state index contributed by atoms with van der Waals surface area (Å²) in [5, 5.41) is 2.59. The summed E-state index contributed by atoms with van der Waals surface area (Å²) in [7, 11) is 2.17. The molecule has 0 fully saturated rings. The number of rotatable bonds is 5. The molecule has 1 nitrogen and oxygen atoms in total. The first-order chi connectivity index (χ1) is 12.5. The molecule has 3 aromatic rings. The van der Waals surface area contributed by atoms with Crippen molar-refractivity contribution in [2.45, 2.75) is 27.2 Å². The number of hydrogen-bond donors (Lipinski definition) is 0. The summed E-state index contributed by atoms with van der Waals surface area (Å²) in [4.78, 5) is 2.33. The van der Waals surface area contributed by atoms with E-state index >= 15 is 0 Å². The predicted octanol–water partition coefficient (Wildman–Crippen LogP) is 7.12. The molecule has 3 rings (SSSR count). The van der Waals surface area contributed by atoms with E-state index in [1.165, 1.54) is 44.4 Å². The van der Waals surface area contributed by atoms with Gasteiger partial charge in [0.1, 0.15) is 0 Å². The first kappa shape index (κ1) is 18.0. The monoisotopic (exact) mass is 341 g/mol. The van der Waals surface area contributed by atoms with Gasteiger partial charge in [-0.1, -0.05) is 60.7 Å². The minimum absolute atomic E-state index is 0.874. The molecule has 0 aliphatic carbocycles. The van der Waals surface area contributed by atoms with Crippen molar-refractivity contribution >= 4 is 28.2 Å². The Morgan fingerprint density at radius 1 is 0.962 bits per heavy atom. The third kappa shape index (κ3) is 3.30. The van der Waals surface area contributed by atoms with Gasteiger partial charge in [0.05, 0.1) is 0 Å². The molecule has 0 N–H and O–H groups in total. The van der Waals surface area contributed by atoms with Crippen molar-refractivity contribution in [3.05, 3.63) is 89.5 Å². The molecule has 0 saturated carbocycles. The molecule has 0 aliphatic rings. The van der Waals surface area contributed by atoms with E-state index in [9.17, 15) is 0 Å². The number of hydrogen-bond acceptors (Lipinski definition) is 1. The minimum Gasteiger partial charge on any atom is -0.344 e. The summed E-state index contributed by atoms with van der Waals surface area (Å²) < 4.78 is 0. The lowest BCUT2D eigenvalue weighted by molar-refractivity contribution is 1.16. The third-order valence-corrected chi connectivity index (χ3v) is 5.06. The van der Waals surface area contributed by atoms with E-state index in [0.717, 1.165) is 6.42 Å². The van der Waals surface area contributed by atoms with Crippen LogP contribution in [0.25, 0.3) is 16.8 Å². The van der Waals surface area contributed by atoms with Crippen LogP contribution in [0.3, 0.4) is 0 Å².